The number of rotatable bonds is 12. The van der Waals surface area contributed by atoms with E-state index in [2.05, 4.69) is 62.7 Å². The molecule has 0 aliphatic carbocycles. The Labute approximate surface area is 164 Å². The Balaban J connectivity index is 0.000000541. The van der Waals surface area contributed by atoms with Crippen LogP contribution in [0.25, 0.3) is 0 Å². The molecule has 0 fully saturated rings. The fourth-order valence-corrected chi connectivity index (χ4v) is 7.88. The summed E-state index contributed by atoms with van der Waals surface area (Å²) >= 11 is 0. The van der Waals surface area contributed by atoms with Crippen LogP contribution in [0.3, 0.4) is 0 Å². The molecule has 0 saturated heterocycles. The first-order valence-electron chi connectivity index (χ1n) is 10.1. The predicted molar refractivity (Wildman–Crippen MR) is 117 cm³/mol. The molecule has 4 nitrogen and oxygen atoms in total. The zero-order valence-corrected chi connectivity index (χ0v) is 20.2. The lowest BCUT2D eigenvalue weighted by Gasteiger charge is -2.38. The molecule has 0 aromatic heterocycles. The molecule has 0 amide bonds. The van der Waals surface area contributed by atoms with Gasteiger partial charge >= 0.3 is 9.53 Å². The number of hydrogen-bond donors (Lipinski definition) is 0. The Bertz CT molecular complexity index is 408. The van der Waals surface area contributed by atoms with E-state index in [0.29, 0.717) is 19.8 Å². The van der Waals surface area contributed by atoms with Gasteiger partial charge in [0.05, 0.1) is 0 Å². The number of hydrogen-bond acceptors (Lipinski definition) is 4. The van der Waals surface area contributed by atoms with Crippen LogP contribution in [0.1, 0.15) is 47.1 Å². The lowest BCUT2D eigenvalue weighted by Crippen LogP contribution is -2.49. The van der Waals surface area contributed by atoms with Crippen LogP contribution in [0.2, 0.25) is 18.1 Å². The highest BCUT2D eigenvalue weighted by atomic mass is 28.3. The minimum Gasteiger partial charge on any atom is -0.376 e. The Hall–Kier alpha value is -0.506. The number of benzene rings is 1. The van der Waals surface area contributed by atoms with Crippen molar-refractivity contribution in [2.45, 2.75) is 66.2 Å². The molecule has 0 unspecified atom stereocenters. The minimum atomic E-state index is -1.73. The Morgan fingerprint density at radius 2 is 1.19 bits per heavy atom. The Morgan fingerprint density at radius 3 is 1.54 bits per heavy atom. The molecule has 0 N–H and O–H groups in total. The summed E-state index contributed by atoms with van der Waals surface area (Å²) in [5.41, 5.74) is 1.44. The van der Waals surface area contributed by atoms with Gasteiger partial charge in [0.2, 0.25) is 0 Å². The SMILES string of the molecule is CCO[SiH](OCC)OCC.CC[Si](CC)(CC)N(C)Cc1ccccc1. The van der Waals surface area contributed by atoms with Crippen molar-refractivity contribution in [1.29, 1.82) is 0 Å². The fourth-order valence-electron chi connectivity index (χ4n) is 3.14. The van der Waals surface area contributed by atoms with Gasteiger partial charge in [-0.1, -0.05) is 51.1 Å². The standard InChI is InChI=1S/C14H25NSi.C6H16O3Si/c1-5-16(6-2,7-3)15(4)13-14-11-9-8-10-12-14;1-4-7-10(8-5-2)9-6-3/h8-12H,5-7,13H2,1-4H3;10H,4-6H2,1-3H3. The van der Waals surface area contributed by atoms with Gasteiger partial charge in [-0.2, -0.15) is 0 Å². The highest BCUT2D eigenvalue weighted by Crippen LogP contribution is 2.25. The van der Waals surface area contributed by atoms with Crippen LogP contribution in [-0.2, 0) is 19.8 Å². The van der Waals surface area contributed by atoms with Crippen LogP contribution in [0.5, 0.6) is 0 Å². The maximum Gasteiger partial charge on any atom is 0.484 e. The van der Waals surface area contributed by atoms with E-state index in [1.54, 1.807) is 0 Å². The van der Waals surface area contributed by atoms with Crippen molar-refractivity contribution in [3.8, 4) is 0 Å². The molecule has 0 saturated carbocycles. The summed E-state index contributed by atoms with van der Waals surface area (Å²) in [6, 6.07) is 14.9. The van der Waals surface area contributed by atoms with Gasteiger partial charge in [0.15, 0.2) is 0 Å². The zero-order chi connectivity index (χ0) is 19.8. The molecule has 1 aromatic rings. The topological polar surface area (TPSA) is 30.9 Å². The third kappa shape index (κ3) is 9.44. The van der Waals surface area contributed by atoms with Crippen LogP contribution in [0.4, 0.5) is 0 Å². The van der Waals surface area contributed by atoms with E-state index in [1.165, 1.54) is 23.7 Å². The van der Waals surface area contributed by atoms with E-state index < -0.39 is 17.8 Å². The van der Waals surface area contributed by atoms with Crippen LogP contribution in [0, 0.1) is 0 Å². The largest absolute Gasteiger partial charge is 0.484 e. The van der Waals surface area contributed by atoms with Gasteiger partial charge in [0.25, 0.3) is 0 Å². The van der Waals surface area contributed by atoms with Gasteiger partial charge < -0.3 is 17.8 Å². The molecule has 1 rings (SSSR count). The third-order valence-electron chi connectivity index (χ3n) is 4.95. The summed E-state index contributed by atoms with van der Waals surface area (Å²) in [4.78, 5) is 0. The van der Waals surface area contributed by atoms with Crippen LogP contribution < -0.4 is 0 Å². The summed E-state index contributed by atoms with van der Waals surface area (Å²) in [7, 11) is -0.589. The molecule has 0 spiro atoms. The molecule has 0 atom stereocenters. The lowest BCUT2D eigenvalue weighted by atomic mass is 10.2. The maximum atomic E-state index is 5.22. The van der Waals surface area contributed by atoms with Gasteiger partial charge in [-0.15, -0.1) is 0 Å². The molecule has 152 valence electrons. The van der Waals surface area contributed by atoms with Gasteiger partial charge in [0.1, 0.15) is 8.24 Å². The third-order valence-corrected chi connectivity index (χ3v) is 12.5. The van der Waals surface area contributed by atoms with E-state index in [4.69, 9.17) is 13.3 Å². The van der Waals surface area contributed by atoms with Crippen molar-refractivity contribution in [1.82, 2.24) is 4.57 Å². The van der Waals surface area contributed by atoms with Crippen molar-refractivity contribution in [3.05, 3.63) is 35.9 Å². The molecule has 0 aliphatic rings. The monoisotopic (exact) mass is 399 g/mol. The highest BCUT2D eigenvalue weighted by molar-refractivity contribution is 6.76. The molecule has 1 aromatic carbocycles. The van der Waals surface area contributed by atoms with Crippen molar-refractivity contribution < 1.29 is 13.3 Å². The summed E-state index contributed by atoms with van der Waals surface area (Å²) in [5, 5.41) is 0. The normalized spacial score (nSPS) is 11.6. The molecular formula is C20H41NO3Si2. The van der Waals surface area contributed by atoms with Gasteiger partial charge in [-0.3, -0.25) is 0 Å². The fraction of sp³-hybridized carbons (Fsp3) is 0.700. The average molecular weight is 400 g/mol. The van der Waals surface area contributed by atoms with E-state index in [0.717, 1.165) is 6.54 Å². The molecule has 0 bridgehead atoms. The molecule has 0 radical (unpaired) electrons. The van der Waals surface area contributed by atoms with Gasteiger partial charge in [-0.05, 0) is 51.5 Å². The van der Waals surface area contributed by atoms with Crippen molar-refractivity contribution in [2.24, 2.45) is 0 Å². The number of nitrogens with zero attached hydrogens (tertiary/aromatic N) is 1. The van der Waals surface area contributed by atoms with Crippen molar-refractivity contribution in [3.63, 3.8) is 0 Å². The molecule has 0 heterocycles. The first-order chi connectivity index (χ1) is 12.5. The van der Waals surface area contributed by atoms with Gasteiger partial charge in [-0.25, -0.2) is 0 Å². The Morgan fingerprint density at radius 1 is 0.769 bits per heavy atom. The van der Waals surface area contributed by atoms with E-state index in [-0.39, 0.29) is 0 Å². The molecule has 26 heavy (non-hydrogen) atoms. The van der Waals surface area contributed by atoms with Crippen molar-refractivity contribution in [2.75, 3.05) is 26.9 Å². The second-order valence-electron chi connectivity index (χ2n) is 6.28. The summed E-state index contributed by atoms with van der Waals surface area (Å²) in [5.74, 6) is 0. The molecule has 6 heteroatoms. The maximum absolute atomic E-state index is 5.22. The highest BCUT2D eigenvalue weighted by Gasteiger charge is 2.31. The minimum absolute atomic E-state index is 0.677. The second kappa shape index (κ2) is 15.5. The quantitative estimate of drug-likeness (QED) is 0.466. The smallest absolute Gasteiger partial charge is 0.376 e. The second-order valence-corrected chi connectivity index (χ2v) is 13.2. The molecule has 0 aliphatic heterocycles. The van der Waals surface area contributed by atoms with Crippen molar-refractivity contribution >= 4 is 17.8 Å². The van der Waals surface area contributed by atoms with E-state index >= 15 is 0 Å². The summed E-state index contributed by atoms with van der Waals surface area (Å²) in [6.45, 7) is 16.1. The summed E-state index contributed by atoms with van der Waals surface area (Å²) < 4.78 is 18.3. The molecular weight excluding hydrogens is 358 g/mol. The zero-order valence-electron chi connectivity index (χ0n) is 18.1. The Kier molecular flexibility index (Phi) is 15.2. The van der Waals surface area contributed by atoms with Crippen LogP contribution >= 0.6 is 0 Å². The average Bonchev–Trinajstić information content (AvgIpc) is 2.66. The first kappa shape index (κ1) is 25.5. The predicted octanol–water partition coefficient (Wildman–Crippen LogP) is 4.94. The van der Waals surface area contributed by atoms with E-state index in [9.17, 15) is 0 Å². The summed E-state index contributed by atoms with van der Waals surface area (Å²) in [6.07, 6.45) is 0. The van der Waals surface area contributed by atoms with Crippen LogP contribution in [0.15, 0.2) is 30.3 Å². The van der Waals surface area contributed by atoms with Gasteiger partial charge in [0, 0.05) is 26.4 Å². The lowest BCUT2D eigenvalue weighted by molar-refractivity contribution is 0.107. The van der Waals surface area contributed by atoms with Crippen LogP contribution in [-0.4, -0.2) is 49.2 Å². The van der Waals surface area contributed by atoms with E-state index in [1.807, 2.05) is 20.8 Å². The first-order valence-corrected chi connectivity index (χ1v) is 14.1.